The maximum atomic E-state index is 12.5. The minimum atomic E-state index is -0.482. The molecule has 0 spiro atoms. The van der Waals surface area contributed by atoms with Crippen molar-refractivity contribution in [2.45, 2.75) is 150 Å². The number of hydrogen-bond donors (Lipinski definition) is 4. The zero-order valence-electron chi connectivity index (χ0n) is 85.9. The van der Waals surface area contributed by atoms with Gasteiger partial charge in [-0.1, -0.05) is 92.4 Å². The molecule has 0 atom stereocenters. The summed E-state index contributed by atoms with van der Waals surface area (Å²) in [5.74, 6) is 5.23. The van der Waals surface area contributed by atoms with Gasteiger partial charge in [0.2, 0.25) is 0 Å². The Kier molecular flexibility index (Phi) is 46.8. The van der Waals surface area contributed by atoms with E-state index in [-0.39, 0.29) is 49.7 Å². The van der Waals surface area contributed by atoms with E-state index in [4.69, 9.17) is 53.4 Å². The topological polar surface area (TPSA) is 456 Å². The highest BCUT2D eigenvalue weighted by Gasteiger charge is 2.30. The fraction of sp³-hybridized carbons (Fsp3) is 0.416. The molecular formula is C113H138N18O18. The fourth-order valence-corrected chi connectivity index (χ4v) is 15.8. The van der Waals surface area contributed by atoms with Gasteiger partial charge in [-0.05, 0) is 266 Å². The molecule has 788 valence electrons. The quantitative estimate of drug-likeness (QED) is 0.0383. The van der Waals surface area contributed by atoms with E-state index in [1.165, 1.54) is 82.0 Å². The molecule has 6 aromatic carbocycles. The molecule has 12 aromatic rings. The summed E-state index contributed by atoms with van der Waals surface area (Å²) < 4.78 is 49.0. The van der Waals surface area contributed by atoms with Crippen molar-refractivity contribution in [1.29, 1.82) is 10.5 Å². The number of aliphatic hydroxyl groups excluding tert-OH is 2. The average Bonchev–Trinajstić information content (AvgIpc) is 1.10. The van der Waals surface area contributed by atoms with Crippen LogP contribution in [0.15, 0.2) is 229 Å². The van der Waals surface area contributed by atoms with Gasteiger partial charge >= 0.3 is 24.1 Å². The van der Waals surface area contributed by atoms with Crippen molar-refractivity contribution in [1.82, 2.24) is 79.4 Å². The van der Waals surface area contributed by atoms with Gasteiger partial charge in [-0.2, -0.15) is 20.7 Å². The molecule has 6 aliphatic heterocycles. The van der Waals surface area contributed by atoms with E-state index in [0.29, 0.717) is 149 Å². The van der Waals surface area contributed by atoms with E-state index in [0.717, 1.165) is 137 Å². The number of methoxy groups -OCH3 is 2. The van der Waals surface area contributed by atoms with Gasteiger partial charge in [0, 0.05) is 105 Å². The second kappa shape index (κ2) is 60.2. The number of aromatic amines is 1. The summed E-state index contributed by atoms with van der Waals surface area (Å²) in [5, 5.41) is 55.9. The van der Waals surface area contributed by atoms with Crippen LogP contribution in [0.3, 0.4) is 0 Å². The molecule has 18 rings (SSSR count). The van der Waals surface area contributed by atoms with Gasteiger partial charge in [0.15, 0.2) is 46.3 Å². The van der Waals surface area contributed by atoms with Crippen LogP contribution in [0, 0.1) is 46.3 Å². The Morgan fingerprint density at radius 3 is 1.14 bits per heavy atom. The number of amides is 2. The van der Waals surface area contributed by atoms with Crippen LogP contribution in [0.4, 0.5) is 9.59 Å². The van der Waals surface area contributed by atoms with Crippen LogP contribution >= 0.6 is 0 Å². The number of aromatic nitrogens is 12. The molecule has 0 aliphatic carbocycles. The molecule has 2 amide bonds. The maximum absolute atomic E-state index is 12.5. The summed E-state index contributed by atoms with van der Waals surface area (Å²) in [6.07, 6.45) is 25.5. The van der Waals surface area contributed by atoms with E-state index >= 15 is 0 Å². The number of carbonyl (C=O) groups is 4. The lowest BCUT2D eigenvalue weighted by Gasteiger charge is -2.33. The summed E-state index contributed by atoms with van der Waals surface area (Å²) in [4.78, 5) is 113. The fourth-order valence-electron chi connectivity index (χ4n) is 15.8. The zero-order valence-corrected chi connectivity index (χ0v) is 85.9. The van der Waals surface area contributed by atoms with E-state index in [9.17, 15) is 39.1 Å². The summed E-state index contributed by atoms with van der Waals surface area (Å²) in [5.41, 5.74) is 8.44. The van der Waals surface area contributed by atoms with Gasteiger partial charge in [0.25, 0.3) is 11.1 Å². The predicted molar refractivity (Wildman–Crippen MR) is 565 cm³/mol. The Bertz CT molecular complexity index is 6310. The van der Waals surface area contributed by atoms with Crippen LogP contribution in [0.1, 0.15) is 169 Å². The number of nitriles is 2. The number of H-pyrrole nitrogens is 1. The maximum Gasteiger partial charge on any atom is 0.410 e. The Morgan fingerprint density at radius 2 is 0.779 bits per heavy atom. The Hall–Kier alpha value is -15.2. The number of nitrogens with one attached hydrogen (secondary N) is 1. The van der Waals surface area contributed by atoms with Gasteiger partial charge in [0.05, 0.1) is 143 Å². The van der Waals surface area contributed by atoms with Gasteiger partial charge in [-0.3, -0.25) is 9.59 Å². The minimum absolute atomic E-state index is 0. The second-order valence-electron chi connectivity index (χ2n) is 38.2. The molecule has 6 fully saturated rings. The molecule has 149 heavy (non-hydrogen) atoms. The van der Waals surface area contributed by atoms with Crippen LogP contribution in [0.2, 0.25) is 0 Å². The summed E-state index contributed by atoms with van der Waals surface area (Å²) in [6, 6.07) is 53.7. The lowest BCUT2D eigenvalue weighted by molar-refractivity contribution is 0.0152. The number of piperidine rings is 4. The second-order valence-corrected chi connectivity index (χ2v) is 38.2. The standard InChI is InChI=1S/C29H28N6O2.C23H29N3O5.C18H23N3O2.C12H10N2O3.C11H7N3O.C11H21NO3.2C4H8O.CH4/c1-34-12-10-21(11-13-34)20-37-26-17-31-29(32-18-26)25-7-3-5-23(15-25)19-35-28(36)9-8-27(33-35)24-6-2-4-22(14-24)16-30;1-23(2,3)31-22(28)26-10-8-16(9-11-26)15-30-19-13-24-20(25-14-19)17-6-5-7-18(12-17)21(27)29-4;1-21-7-5-14(6-8-21)13-23-17-10-19-18(20-11-17)16-4-2-3-15(9-16)12-22;1-17-12(16)9-4-2-3-8(5-9)11-13-6-10(15)7-14-11;12-7-8-2-1-3-9(6-8)10-4-5-11(15)14-13-10;1-11(2,3)15-10(14)12-6-4-9(8-13)5-7-12;2*1-2-4-5-3-1;/h2-9,14-15,17-18,21H,10-13,19-20H2,1H3;5-7,12-14,16H,8-11,15H2,1-4H3;2-4,9-11,14,22H,5-8,12-13H2,1H3;2-7,15H,1H3;1-6H,(H,14,15);9,13H,4-8H2,1-3H3;2*1-4H2;1H4. The number of ether oxygens (including phenoxy) is 9. The van der Waals surface area contributed by atoms with E-state index in [2.05, 4.69) is 89.9 Å². The number of hydrogen-bond acceptors (Lipinski definition) is 32. The molecular weight excluding hydrogens is 1900 g/mol. The number of benzene rings is 6. The molecule has 0 bridgehead atoms. The number of likely N-dealkylation sites (tertiary alicyclic amines) is 4. The molecule has 0 radical (unpaired) electrons. The van der Waals surface area contributed by atoms with Gasteiger partial charge in [-0.15, -0.1) is 0 Å². The number of rotatable bonds is 21. The van der Waals surface area contributed by atoms with Crippen LogP contribution in [-0.4, -0.2) is 264 Å². The average molecular weight is 2040 g/mol. The van der Waals surface area contributed by atoms with E-state index < -0.39 is 23.1 Å². The van der Waals surface area contributed by atoms with Crippen LogP contribution in [-0.2, 0) is 41.6 Å². The Balaban J connectivity index is 0.000000184. The number of nitrogens with zero attached hydrogens (tertiary/aromatic N) is 17. The lowest BCUT2D eigenvalue weighted by atomic mass is 9.98. The third-order valence-electron chi connectivity index (χ3n) is 24.2. The van der Waals surface area contributed by atoms with Gasteiger partial charge in [0.1, 0.15) is 11.2 Å². The molecule has 0 unspecified atom stereocenters. The number of aromatic hydroxyl groups is 1. The first-order valence-electron chi connectivity index (χ1n) is 49.8. The lowest BCUT2D eigenvalue weighted by Crippen LogP contribution is -2.42. The molecule has 6 aliphatic rings. The van der Waals surface area contributed by atoms with Crippen LogP contribution < -0.4 is 25.3 Å². The number of aliphatic hydroxyl groups is 2. The first kappa shape index (κ1) is 116. The highest BCUT2D eigenvalue weighted by molar-refractivity contribution is 5.91. The van der Waals surface area contributed by atoms with Crippen molar-refractivity contribution < 1.29 is 77.1 Å². The van der Waals surface area contributed by atoms with Crippen LogP contribution in [0.5, 0.6) is 23.0 Å². The van der Waals surface area contributed by atoms with Gasteiger partial charge < -0.3 is 77.6 Å². The number of carbonyl (C=O) groups excluding carboxylic acids is 4. The third-order valence-corrected chi connectivity index (χ3v) is 24.2. The van der Waals surface area contributed by atoms with Crippen molar-refractivity contribution in [3.05, 3.63) is 274 Å². The largest absolute Gasteiger partial charge is 0.505 e. The molecule has 0 saturated carbocycles. The molecule has 6 aromatic heterocycles. The SMILES string of the molecule is C.C1CCOC1.C1CCOC1.CC(C)(C)OC(=O)N1CCC(CO)CC1.CN1CCC(COc2cnc(-c3cccc(CO)c3)nc2)CC1.CN1CCC(COc2cnc(-c3cccc(Cn4nc(-c5cccc(C#N)c5)ccc4=O)c3)nc2)CC1.COC(=O)c1cccc(-c2ncc(O)cn2)c1.COC(=O)c1cccc(-c2ncc(OCC3CCN(C(=O)OC(C)(C)C)CC3)cn2)c1.N#Cc1cccc(-c2ccc(=O)[nH]n2)c1. The molecule has 36 nitrogen and oxygen atoms in total. The van der Waals surface area contributed by atoms with Crippen molar-refractivity contribution >= 4 is 24.1 Å². The highest BCUT2D eigenvalue weighted by Crippen LogP contribution is 2.30. The summed E-state index contributed by atoms with van der Waals surface area (Å²) in [6.45, 7) is 24.9. The smallest absolute Gasteiger partial charge is 0.410 e. The first-order chi connectivity index (χ1) is 71.5. The molecule has 36 heteroatoms. The van der Waals surface area contributed by atoms with E-state index in [1.54, 1.807) is 138 Å². The first-order valence-corrected chi connectivity index (χ1v) is 49.8. The predicted octanol–water partition coefficient (Wildman–Crippen LogP) is 17.1. The van der Waals surface area contributed by atoms with Crippen molar-refractivity contribution in [2.75, 3.05) is 134 Å². The van der Waals surface area contributed by atoms with Crippen LogP contribution in [0.25, 0.3) is 68.1 Å². The zero-order chi connectivity index (χ0) is 106. The normalized spacial score (nSPS) is 14.8. The molecule has 12 heterocycles. The van der Waals surface area contributed by atoms with Crippen molar-refractivity contribution in [3.63, 3.8) is 0 Å². The monoisotopic (exact) mass is 2040 g/mol. The Morgan fingerprint density at radius 1 is 0.430 bits per heavy atom. The van der Waals surface area contributed by atoms with Crippen molar-refractivity contribution in [2.24, 2.45) is 23.7 Å². The number of esters is 2. The highest BCUT2D eigenvalue weighted by atomic mass is 16.6. The minimum Gasteiger partial charge on any atom is -0.505 e. The summed E-state index contributed by atoms with van der Waals surface area (Å²) >= 11 is 0. The summed E-state index contributed by atoms with van der Waals surface area (Å²) in [7, 11) is 6.99. The third kappa shape index (κ3) is 39.9. The van der Waals surface area contributed by atoms with E-state index in [1.807, 2.05) is 114 Å². The Labute approximate surface area is 870 Å². The molecule has 4 N–H and O–H groups in total. The van der Waals surface area contributed by atoms with Gasteiger partial charge in [-0.25, -0.2) is 68.8 Å². The van der Waals surface area contributed by atoms with Crippen molar-refractivity contribution in [3.8, 4) is 103 Å². The molecule has 6 saturated heterocycles.